The summed E-state index contributed by atoms with van der Waals surface area (Å²) < 4.78 is 4.97. The van der Waals surface area contributed by atoms with E-state index in [0.717, 1.165) is 11.1 Å². The van der Waals surface area contributed by atoms with Crippen molar-refractivity contribution in [2.45, 2.75) is 13.8 Å². The second kappa shape index (κ2) is 4.33. The Kier molecular flexibility index (Phi) is 3.36. The minimum Gasteiger partial charge on any atom is -0.410 e. The fourth-order valence-corrected chi connectivity index (χ4v) is 1.23. The zero-order chi connectivity index (χ0) is 10.7. The highest BCUT2D eigenvalue weighted by molar-refractivity contribution is 6.32. The smallest absolute Gasteiger partial charge is 0.410 e. The summed E-state index contributed by atoms with van der Waals surface area (Å²) in [4.78, 5) is 10.9. The van der Waals surface area contributed by atoms with E-state index in [0.29, 0.717) is 10.8 Å². The molecule has 0 saturated heterocycles. The Hall–Kier alpha value is -1.22. The fourth-order valence-electron chi connectivity index (χ4n) is 1.12. The third kappa shape index (κ3) is 2.39. The van der Waals surface area contributed by atoms with Gasteiger partial charge in [-0.25, -0.2) is 4.79 Å². The van der Waals surface area contributed by atoms with Gasteiger partial charge in [0, 0.05) is 12.1 Å². The van der Waals surface area contributed by atoms with Crippen LogP contribution >= 0.6 is 11.6 Å². The number of nitrogens with one attached hydrogen (secondary N) is 1. The van der Waals surface area contributed by atoms with Crippen LogP contribution in [0.2, 0.25) is 5.02 Å². The maximum atomic E-state index is 10.9. The van der Waals surface area contributed by atoms with Crippen molar-refractivity contribution in [2.24, 2.45) is 0 Å². The predicted molar refractivity (Wildman–Crippen MR) is 56.0 cm³/mol. The van der Waals surface area contributed by atoms with Crippen molar-refractivity contribution in [3.63, 3.8) is 0 Å². The predicted octanol–water partition coefficient (Wildman–Crippen LogP) is 2.68. The lowest BCUT2D eigenvalue weighted by atomic mass is 10.1. The molecule has 0 aliphatic rings. The van der Waals surface area contributed by atoms with E-state index in [2.05, 4.69) is 5.32 Å². The molecule has 0 atom stereocenters. The van der Waals surface area contributed by atoms with E-state index >= 15 is 0 Å². The van der Waals surface area contributed by atoms with Crippen LogP contribution in [-0.2, 0) is 0 Å². The Labute approximate surface area is 88.0 Å². The molecule has 1 amide bonds. The van der Waals surface area contributed by atoms with Gasteiger partial charge in [0.1, 0.15) is 5.75 Å². The van der Waals surface area contributed by atoms with Crippen LogP contribution in [0.15, 0.2) is 12.1 Å². The van der Waals surface area contributed by atoms with Crippen molar-refractivity contribution in [3.05, 3.63) is 28.3 Å². The number of aryl methyl sites for hydroxylation is 2. The van der Waals surface area contributed by atoms with Gasteiger partial charge in [0.15, 0.2) is 0 Å². The van der Waals surface area contributed by atoms with Gasteiger partial charge in [0.2, 0.25) is 0 Å². The highest BCUT2D eigenvalue weighted by Gasteiger charge is 2.06. The Morgan fingerprint density at radius 2 is 1.86 bits per heavy atom. The van der Waals surface area contributed by atoms with Crippen molar-refractivity contribution < 1.29 is 9.53 Å². The number of hydrogen-bond acceptors (Lipinski definition) is 2. The summed E-state index contributed by atoms with van der Waals surface area (Å²) in [6.07, 6.45) is -0.480. The zero-order valence-electron chi connectivity index (χ0n) is 8.35. The van der Waals surface area contributed by atoms with E-state index in [4.69, 9.17) is 16.3 Å². The van der Waals surface area contributed by atoms with Crippen LogP contribution in [0.3, 0.4) is 0 Å². The van der Waals surface area contributed by atoms with E-state index in [1.807, 2.05) is 13.8 Å². The summed E-state index contributed by atoms with van der Waals surface area (Å²) in [5, 5.41) is 3.08. The molecule has 1 aromatic carbocycles. The SMILES string of the molecule is CNC(=O)Oc1cc(C)c(Cl)c(C)c1. The van der Waals surface area contributed by atoms with Crippen molar-refractivity contribution in [2.75, 3.05) is 7.05 Å². The standard InChI is InChI=1S/C10H12ClNO2/c1-6-4-8(14-10(13)12-3)5-7(2)9(6)11/h4-5H,1-3H3,(H,12,13). The van der Waals surface area contributed by atoms with Gasteiger partial charge in [-0.2, -0.15) is 0 Å². The monoisotopic (exact) mass is 213 g/mol. The van der Waals surface area contributed by atoms with Gasteiger partial charge in [0.05, 0.1) is 0 Å². The van der Waals surface area contributed by atoms with Crippen LogP contribution in [0.25, 0.3) is 0 Å². The van der Waals surface area contributed by atoms with E-state index < -0.39 is 6.09 Å². The van der Waals surface area contributed by atoms with Crippen molar-refractivity contribution >= 4 is 17.7 Å². The molecule has 0 unspecified atom stereocenters. The summed E-state index contributed by atoms with van der Waals surface area (Å²) in [5.41, 5.74) is 1.79. The molecule has 0 bridgehead atoms. The first-order valence-electron chi connectivity index (χ1n) is 4.21. The molecule has 76 valence electrons. The first-order chi connectivity index (χ1) is 6.54. The van der Waals surface area contributed by atoms with Gasteiger partial charge in [0.25, 0.3) is 0 Å². The molecule has 1 N–H and O–H groups in total. The highest BCUT2D eigenvalue weighted by atomic mass is 35.5. The quantitative estimate of drug-likeness (QED) is 0.779. The maximum absolute atomic E-state index is 10.9. The van der Waals surface area contributed by atoms with Crippen LogP contribution < -0.4 is 10.1 Å². The molecule has 1 rings (SSSR count). The number of amides is 1. The second-order valence-corrected chi connectivity index (χ2v) is 3.39. The van der Waals surface area contributed by atoms with Gasteiger partial charge in [-0.1, -0.05) is 11.6 Å². The molecule has 0 aromatic heterocycles. The van der Waals surface area contributed by atoms with Gasteiger partial charge in [-0.3, -0.25) is 0 Å². The number of benzene rings is 1. The van der Waals surface area contributed by atoms with Gasteiger partial charge < -0.3 is 10.1 Å². The van der Waals surface area contributed by atoms with E-state index in [1.165, 1.54) is 7.05 Å². The van der Waals surface area contributed by atoms with Crippen LogP contribution in [0.1, 0.15) is 11.1 Å². The second-order valence-electron chi connectivity index (χ2n) is 3.01. The molecule has 0 aliphatic heterocycles. The summed E-state index contributed by atoms with van der Waals surface area (Å²) in [7, 11) is 1.51. The molecule has 0 fully saturated rings. The summed E-state index contributed by atoms with van der Waals surface area (Å²) in [6.45, 7) is 3.73. The molecule has 4 heteroatoms. The molecule has 0 aliphatic carbocycles. The fraction of sp³-hybridized carbons (Fsp3) is 0.300. The van der Waals surface area contributed by atoms with Crippen molar-refractivity contribution in [3.8, 4) is 5.75 Å². The Morgan fingerprint density at radius 3 is 2.29 bits per heavy atom. The average Bonchev–Trinajstić information content (AvgIpc) is 2.14. The van der Waals surface area contributed by atoms with Crippen LogP contribution in [0, 0.1) is 13.8 Å². The Morgan fingerprint density at radius 1 is 1.36 bits per heavy atom. The number of carbonyl (C=O) groups is 1. The summed E-state index contributed by atoms with van der Waals surface area (Å²) in [6, 6.07) is 3.45. The van der Waals surface area contributed by atoms with Crippen molar-refractivity contribution in [1.82, 2.24) is 5.32 Å². The number of rotatable bonds is 1. The molecule has 14 heavy (non-hydrogen) atoms. The van der Waals surface area contributed by atoms with E-state index in [9.17, 15) is 4.79 Å². The first kappa shape index (κ1) is 10.9. The minimum atomic E-state index is -0.480. The lowest BCUT2D eigenvalue weighted by molar-refractivity contribution is 0.203. The van der Waals surface area contributed by atoms with Crippen LogP contribution in [-0.4, -0.2) is 13.1 Å². The lowest BCUT2D eigenvalue weighted by Gasteiger charge is -2.07. The first-order valence-corrected chi connectivity index (χ1v) is 4.58. The molecule has 0 radical (unpaired) electrons. The summed E-state index contributed by atoms with van der Waals surface area (Å²) >= 11 is 5.96. The number of carbonyl (C=O) groups excluding carboxylic acids is 1. The van der Waals surface area contributed by atoms with Crippen LogP contribution in [0.5, 0.6) is 5.75 Å². The molecule has 0 spiro atoms. The minimum absolute atomic E-state index is 0.480. The third-order valence-electron chi connectivity index (χ3n) is 1.82. The van der Waals surface area contributed by atoms with Gasteiger partial charge >= 0.3 is 6.09 Å². The summed E-state index contributed by atoms with van der Waals surface area (Å²) in [5.74, 6) is 0.503. The number of halogens is 1. The topological polar surface area (TPSA) is 38.3 Å². The molecule has 0 heterocycles. The van der Waals surface area contributed by atoms with E-state index in [-0.39, 0.29) is 0 Å². The third-order valence-corrected chi connectivity index (χ3v) is 2.42. The van der Waals surface area contributed by atoms with Crippen LogP contribution in [0.4, 0.5) is 4.79 Å². The van der Waals surface area contributed by atoms with Gasteiger partial charge in [-0.05, 0) is 37.1 Å². The van der Waals surface area contributed by atoms with Gasteiger partial charge in [-0.15, -0.1) is 0 Å². The molecular formula is C10H12ClNO2. The highest BCUT2D eigenvalue weighted by Crippen LogP contribution is 2.25. The van der Waals surface area contributed by atoms with Crippen molar-refractivity contribution in [1.29, 1.82) is 0 Å². The average molecular weight is 214 g/mol. The zero-order valence-corrected chi connectivity index (χ0v) is 9.11. The molecule has 1 aromatic rings. The lowest BCUT2D eigenvalue weighted by Crippen LogP contribution is -2.22. The molecular weight excluding hydrogens is 202 g/mol. The van der Waals surface area contributed by atoms with E-state index in [1.54, 1.807) is 12.1 Å². The Bertz CT molecular complexity index is 340. The number of ether oxygens (including phenoxy) is 1. The molecule has 3 nitrogen and oxygen atoms in total. The Balaban J connectivity index is 2.95. The molecule has 0 saturated carbocycles. The number of hydrogen-bond donors (Lipinski definition) is 1. The largest absolute Gasteiger partial charge is 0.412 e. The maximum Gasteiger partial charge on any atom is 0.412 e. The normalized spacial score (nSPS) is 9.71.